The Labute approximate surface area is 184 Å². The summed E-state index contributed by atoms with van der Waals surface area (Å²) in [5.74, 6) is 0.877. The molecular weight excluding hydrogens is 444 g/mol. The highest BCUT2D eigenvalue weighted by molar-refractivity contribution is 6.55. The van der Waals surface area contributed by atoms with E-state index >= 15 is 0 Å². The van der Waals surface area contributed by atoms with Crippen LogP contribution in [0.5, 0.6) is 11.5 Å². The maximum Gasteiger partial charge on any atom is 0.157 e. The number of oxime groups is 1. The summed E-state index contributed by atoms with van der Waals surface area (Å²) in [6, 6.07) is 11.0. The van der Waals surface area contributed by atoms with E-state index in [1.165, 1.54) is 6.08 Å². The Hall–Kier alpha value is -1.59. The lowest BCUT2D eigenvalue weighted by molar-refractivity contribution is 0.146. The van der Waals surface area contributed by atoms with E-state index in [9.17, 15) is 0 Å². The molecule has 0 radical (unpaired) electrons. The van der Waals surface area contributed by atoms with Crippen molar-refractivity contribution in [3.63, 3.8) is 0 Å². The van der Waals surface area contributed by atoms with Gasteiger partial charge in [0, 0.05) is 12.1 Å². The lowest BCUT2D eigenvalue weighted by atomic mass is 10.1. The first-order valence-electron chi connectivity index (χ1n) is 8.49. The molecule has 28 heavy (non-hydrogen) atoms. The molecule has 0 amide bonds. The van der Waals surface area contributed by atoms with Crippen LogP contribution in [0.15, 0.2) is 52.1 Å². The van der Waals surface area contributed by atoms with E-state index in [1.807, 2.05) is 31.2 Å². The third kappa shape index (κ3) is 7.80. The topological polar surface area (TPSA) is 40.0 Å². The van der Waals surface area contributed by atoms with Crippen LogP contribution in [0, 0.1) is 0 Å². The molecule has 0 saturated heterocycles. The summed E-state index contributed by atoms with van der Waals surface area (Å²) in [5.41, 5.74) is 1.89. The number of hydrogen-bond donors (Lipinski definition) is 0. The number of rotatable bonds is 10. The van der Waals surface area contributed by atoms with Gasteiger partial charge in [-0.05, 0) is 23.6 Å². The van der Waals surface area contributed by atoms with E-state index in [-0.39, 0.29) is 11.1 Å². The third-order valence-corrected chi connectivity index (χ3v) is 4.26. The molecule has 0 unspecified atom stereocenters. The summed E-state index contributed by atoms with van der Waals surface area (Å²) in [6.07, 6.45) is 4.10. The van der Waals surface area contributed by atoms with Crippen molar-refractivity contribution in [1.82, 2.24) is 0 Å². The van der Waals surface area contributed by atoms with E-state index in [0.29, 0.717) is 34.8 Å². The fraction of sp³-hybridized carbons (Fsp3) is 0.250. The van der Waals surface area contributed by atoms with Gasteiger partial charge in [-0.3, -0.25) is 0 Å². The van der Waals surface area contributed by atoms with Crippen molar-refractivity contribution in [2.24, 2.45) is 5.16 Å². The van der Waals surface area contributed by atoms with Gasteiger partial charge in [-0.15, -0.1) is 0 Å². The first kappa shape index (κ1) is 22.7. The van der Waals surface area contributed by atoms with E-state index < -0.39 is 0 Å². The normalized spacial score (nSPS) is 10.8. The molecule has 8 heteroatoms. The molecule has 150 valence electrons. The van der Waals surface area contributed by atoms with E-state index in [2.05, 4.69) is 5.16 Å². The predicted molar refractivity (Wildman–Crippen MR) is 116 cm³/mol. The molecule has 0 spiro atoms. The second kappa shape index (κ2) is 12.1. The molecule has 2 aromatic carbocycles. The molecule has 0 saturated carbocycles. The van der Waals surface area contributed by atoms with Gasteiger partial charge in [-0.25, -0.2) is 0 Å². The quantitative estimate of drug-likeness (QED) is 0.216. The molecule has 0 aliphatic rings. The molecule has 0 bridgehead atoms. The van der Waals surface area contributed by atoms with Crippen molar-refractivity contribution in [3.05, 3.63) is 68.1 Å². The van der Waals surface area contributed by atoms with Gasteiger partial charge in [-0.1, -0.05) is 82.7 Å². The summed E-state index contributed by atoms with van der Waals surface area (Å²) in [5, 5.41) is 4.59. The Kier molecular flexibility index (Phi) is 9.79. The number of benzene rings is 2. The standard InChI is InChI=1S/C20H19Cl4NO3/c1-2-8-28-25-12-14-3-5-15(6-4-14)13-27-20-17(21)10-16(11-18(20)22)26-9-7-19(23)24/h3-7,10-12H,2,8-9,13H2,1H3. The van der Waals surface area contributed by atoms with Crippen molar-refractivity contribution >= 4 is 52.6 Å². The average Bonchev–Trinajstić information content (AvgIpc) is 2.65. The summed E-state index contributed by atoms with van der Waals surface area (Å²) >= 11 is 23.6. The van der Waals surface area contributed by atoms with Crippen LogP contribution in [0.3, 0.4) is 0 Å². The Bertz CT molecular complexity index is 796. The second-order valence-electron chi connectivity index (χ2n) is 5.62. The van der Waals surface area contributed by atoms with Crippen molar-refractivity contribution < 1.29 is 14.3 Å². The summed E-state index contributed by atoms with van der Waals surface area (Å²) in [4.78, 5) is 5.08. The molecule has 2 rings (SSSR count). The fourth-order valence-electron chi connectivity index (χ4n) is 2.06. The fourth-order valence-corrected chi connectivity index (χ4v) is 2.76. The van der Waals surface area contributed by atoms with Crippen LogP contribution in [0.4, 0.5) is 0 Å². The SMILES string of the molecule is CCCON=Cc1ccc(COc2c(Cl)cc(OCC=C(Cl)Cl)cc2Cl)cc1. The molecular formula is C20H19Cl4NO3. The highest BCUT2D eigenvalue weighted by Gasteiger charge is 2.11. The van der Waals surface area contributed by atoms with E-state index in [4.69, 9.17) is 60.7 Å². The van der Waals surface area contributed by atoms with Crippen LogP contribution in [0.2, 0.25) is 10.0 Å². The van der Waals surface area contributed by atoms with Crippen LogP contribution >= 0.6 is 46.4 Å². The molecule has 0 heterocycles. The number of halogens is 4. The Morgan fingerprint density at radius 1 is 1.04 bits per heavy atom. The van der Waals surface area contributed by atoms with Crippen LogP contribution in [-0.4, -0.2) is 19.4 Å². The highest BCUT2D eigenvalue weighted by atomic mass is 35.5. The molecule has 0 N–H and O–H groups in total. The van der Waals surface area contributed by atoms with Gasteiger partial charge in [-0.2, -0.15) is 0 Å². The van der Waals surface area contributed by atoms with Crippen LogP contribution in [-0.2, 0) is 11.4 Å². The number of hydrogen-bond acceptors (Lipinski definition) is 4. The van der Waals surface area contributed by atoms with Crippen molar-refractivity contribution in [1.29, 1.82) is 0 Å². The van der Waals surface area contributed by atoms with Gasteiger partial charge in [0.05, 0.1) is 16.3 Å². The summed E-state index contributed by atoms with van der Waals surface area (Å²) in [6.45, 7) is 3.14. The lowest BCUT2D eigenvalue weighted by Gasteiger charge is -2.12. The highest BCUT2D eigenvalue weighted by Crippen LogP contribution is 2.37. The Balaban J connectivity index is 1.94. The second-order valence-corrected chi connectivity index (χ2v) is 7.44. The molecule has 0 aliphatic carbocycles. The zero-order valence-corrected chi connectivity index (χ0v) is 18.2. The maximum atomic E-state index is 6.26. The van der Waals surface area contributed by atoms with Crippen molar-refractivity contribution in [2.75, 3.05) is 13.2 Å². The maximum absolute atomic E-state index is 6.26. The molecule has 0 atom stereocenters. The predicted octanol–water partition coefficient (Wildman–Crippen LogP) is 7.03. The van der Waals surface area contributed by atoms with Gasteiger partial charge in [0.25, 0.3) is 0 Å². The Morgan fingerprint density at radius 2 is 1.71 bits per heavy atom. The number of nitrogens with zero attached hydrogens (tertiary/aromatic N) is 1. The van der Waals surface area contributed by atoms with Crippen molar-refractivity contribution in [2.45, 2.75) is 20.0 Å². The molecule has 0 fully saturated rings. The van der Waals surface area contributed by atoms with E-state index in [0.717, 1.165) is 17.5 Å². The first-order chi connectivity index (χ1) is 13.5. The smallest absolute Gasteiger partial charge is 0.157 e. The number of ether oxygens (including phenoxy) is 2. The molecule has 4 nitrogen and oxygen atoms in total. The van der Waals surface area contributed by atoms with Crippen LogP contribution in [0.25, 0.3) is 0 Å². The minimum absolute atomic E-state index is 0.128. The van der Waals surface area contributed by atoms with Gasteiger partial charge in [0.2, 0.25) is 0 Å². The van der Waals surface area contributed by atoms with Gasteiger partial charge in [0.15, 0.2) is 5.75 Å². The third-order valence-electron chi connectivity index (χ3n) is 3.39. The van der Waals surface area contributed by atoms with Gasteiger partial charge < -0.3 is 14.3 Å². The zero-order chi connectivity index (χ0) is 20.4. The van der Waals surface area contributed by atoms with E-state index in [1.54, 1.807) is 18.3 Å². The first-order valence-corrected chi connectivity index (χ1v) is 10.0. The van der Waals surface area contributed by atoms with Crippen LogP contribution in [0.1, 0.15) is 24.5 Å². The summed E-state index contributed by atoms with van der Waals surface area (Å²) in [7, 11) is 0. The van der Waals surface area contributed by atoms with Crippen LogP contribution < -0.4 is 9.47 Å². The van der Waals surface area contributed by atoms with Crippen molar-refractivity contribution in [3.8, 4) is 11.5 Å². The zero-order valence-electron chi connectivity index (χ0n) is 15.1. The minimum Gasteiger partial charge on any atom is -0.489 e. The van der Waals surface area contributed by atoms with Gasteiger partial charge in [0.1, 0.15) is 30.1 Å². The Morgan fingerprint density at radius 3 is 2.32 bits per heavy atom. The molecule has 0 aliphatic heterocycles. The monoisotopic (exact) mass is 461 g/mol. The molecule has 2 aromatic rings. The molecule has 0 aromatic heterocycles. The minimum atomic E-state index is 0.128. The van der Waals surface area contributed by atoms with Gasteiger partial charge >= 0.3 is 0 Å². The summed E-state index contributed by atoms with van der Waals surface area (Å²) < 4.78 is 11.4. The average molecular weight is 463 g/mol. The largest absolute Gasteiger partial charge is 0.489 e. The lowest BCUT2D eigenvalue weighted by Crippen LogP contribution is -1.99.